The Labute approximate surface area is 221 Å². The Hall–Kier alpha value is -4.50. The Balaban J connectivity index is 1.68. The first-order valence-corrected chi connectivity index (χ1v) is 13.1. The SMILES string of the molecule is COC(=O)c1cc(-c2ccc(C=O)cc2)cc(C)c1NCc1cccnc1S(=O)(=O)c1ccc(OC)cc1. The number of nitrogens with one attached hydrogen (secondary N) is 1. The third kappa shape index (κ3) is 5.42. The summed E-state index contributed by atoms with van der Waals surface area (Å²) in [4.78, 5) is 28.0. The van der Waals surface area contributed by atoms with E-state index in [1.54, 1.807) is 54.6 Å². The van der Waals surface area contributed by atoms with Gasteiger partial charge in [-0.05, 0) is 66.1 Å². The van der Waals surface area contributed by atoms with Crippen LogP contribution in [0.3, 0.4) is 0 Å². The van der Waals surface area contributed by atoms with Gasteiger partial charge in [0.2, 0.25) is 9.84 Å². The molecule has 0 fully saturated rings. The number of aldehydes is 1. The fraction of sp³-hybridized carbons (Fsp3) is 0.138. The second kappa shape index (κ2) is 11.3. The van der Waals surface area contributed by atoms with Crippen LogP contribution in [0.15, 0.2) is 88.9 Å². The molecular weight excluding hydrogens is 504 g/mol. The number of carbonyl (C=O) groups excluding carboxylic acids is 2. The summed E-state index contributed by atoms with van der Waals surface area (Å²) in [6, 6.07) is 20.1. The van der Waals surface area contributed by atoms with Crippen LogP contribution in [0.2, 0.25) is 0 Å². The minimum absolute atomic E-state index is 0.0816. The van der Waals surface area contributed by atoms with Crippen molar-refractivity contribution < 1.29 is 27.5 Å². The zero-order valence-electron chi connectivity index (χ0n) is 21.1. The molecule has 194 valence electrons. The van der Waals surface area contributed by atoms with E-state index in [2.05, 4.69) is 10.3 Å². The van der Waals surface area contributed by atoms with Gasteiger partial charge in [0.15, 0.2) is 5.03 Å². The summed E-state index contributed by atoms with van der Waals surface area (Å²) in [5, 5.41) is 3.14. The molecule has 8 nitrogen and oxygen atoms in total. The summed E-state index contributed by atoms with van der Waals surface area (Å²) in [5.74, 6) is 0.0000283. The van der Waals surface area contributed by atoms with Gasteiger partial charge in [-0.1, -0.05) is 30.3 Å². The minimum atomic E-state index is -3.91. The normalized spacial score (nSPS) is 11.0. The molecule has 3 aromatic carbocycles. The molecular formula is C29H26N2O6S. The fourth-order valence-corrected chi connectivity index (χ4v) is 5.47. The second-order valence-electron chi connectivity index (χ2n) is 8.45. The van der Waals surface area contributed by atoms with Gasteiger partial charge < -0.3 is 14.8 Å². The van der Waals surface area contributed by atoms with Crippen LogP contribution in [0.4, 0.5) is 5.69 Å². The number of aryl methyl sites for hydroxylation is 1. The third-order valence-corrected chi connectivity index (χ3v) is 7.82. The summed E-state index contributed by atoms with van der Waals surface area (Å²) in [6.07, 6.45) is 2.19. The lowest BCUT2D eigenvalue weighted by atomic mass is 9.97. The first-order valence-electron chi connectivity index (χ1n) is 11.6. The molecule has 1 aromatic heterocycles. The van der Waals surface area contributed by atoms with E-state index in [1.165, 1.54) is 32.5 Å². The molecule has 1 heterocycles. The van der Waals surface area contributed by atoms with Crippen LogP contribution in [0.1, 0.15) is 31.8 Å². The van der Waals surface area contributed by atoms with Crippen molar-refractivity contribution in [2.75, 3.05) is 19.5 Å². The van der Waals surface area contributed by atoms with Crippen LogP contribution in [0, 0.1) is 6.92 Å². The van der Waals surface area contributed by atoms with Crippen LogP contribution in [-0.2, 0) is 21.1 Å². The number of anilines is 1. The summed E-state index contributed by atoms with van der Waals surface area (Å²) in [6.45, 7) is 1.94. The number of esters is 1. The number of hydrogen-bond donors (Lipinski definition) is 1. The molecule has 38 heavy (non-hydrogen) atoms. The van der Waals surface area contributed by atoms with E-state index in [0.717, 1.165) is 23.0 Å². The van der Waals surface area contributed by atoms with Crippen molar-refractivity contribution in [3.8, 4) is 16.9 Å². The summed E-state index contributed by atoms with van der Waals surface area (Å²) in [7, 11) is -1.11. The van der Waals surface area contributed by atoms with Crippen molar-refractivity contribution in [3.05, 3.63) is 101 Å². The smallest absolute Gasteiger partial charge is 0.339 e. The highest BCUT2D eigenvalue weighted by molar-refractivity contribution is 7.91. The first-order chi connectivity index (χ1) is 18.3. The Kier molecular flexibility index (Phi) is 7.87. The largest absolute Gasteiger partial charge is 0.497 e. The molecule has 0 atom stereocenters. The number of rotatable bonds is 9. The van der Waals surface area contributed by atoms with Crippen LogP contribution in [-0.4, -0.2) is 39.9 Å². The maximum Gasteiger partial charge on any atom is 0.339 e. The molecule has 9 heteroatoms. The molecule has 0 saturated carbocycles. The molecule has 1 N–H and O–H groups in total. The van der Waals surface area contributed by atoms with Crippen molar-refractivity contribution in [2.24, 2.45) is 0 Å². The van der Waals surface area contributed by atoms with Crippen LogP contribution in [0.5, 0.6) is 5.75 Å². The van der Waals surface area contributed by atoms with Crippen molar-refractivity contribution in [1.82, 2.24) is 4.98 Å². The number of carbonyl (C=O) groups is 2. The highest BCUT2D eigenvalue weighted by atomic mass is 32.2. The molecule has 0 aliphatic rings. The van der Waals surface area contributed by atoms with Crippen molar-refractivity contribution >= 4 is 27.8 Å². The number of methoxy groups -OCH3 is 2. The van der Waals surface area contributed by atoms with E-state index in [1.807, 2.05) is 13.0 Å². The highest BCUT2D eigenvalue weighted by Crippen LogP contribution is 2.31. The van der Waals surface area contributed by atoms with Gasteiger partial charge in [0.05, 0.1) is 30.4 Å². The minimum Gasteiger partial charge on any atom is -0.497 e. The summed E-state index contributed by atoms with van der Waals surface area (Å²) in [5.41, 5.74) is 4.16. The monoisotopic (exact) mass is 530 g/mol. The highest BCUT2D eigenvalue weighted by Gasteiger charge is 2.24. The third-order valence-electron chi connectivity index (χ3n) is 6.05. The average molecular weight is 531 g/mol. The van der Waals surface area contributed by atoms with Gasteiger partial charge in [-0.15, -0.1) is 0 Å². The average Bonchev–Trinajstić information content (AvgIpc) is 2.96. The molecule has 0 radical (unpaired) electrons. The van der Waals surface area contributed by atoms with E-state index in [-0.39, 0.29) is 16.5 Å². The van der Waals surface area contributed by atoms with Crippen LogP contribution < -0.4 is 10.1 Å². The zero-order valence-corrected chi connectivity index (χ0v) is 21.9. The van der Waals surface area contributed by atoms with E-state index >= 15 is 0 Å². The van der Waals surface area contributed by atoms with Gasteiger partial charge in [-0.3, -0.25) is 4.79 Å². The zero-order chi connectivity index (χ0) is 27.3. The standard InChI is InChI=1S/C29H26N2O6S/c1-19-15-23(21-8-6-20(18-32)7-9-21)16-26(29(33)37-3)27(19)31-17-22-5-4-14-30-28(22)38(34,35)25-12-10-24(36-2)11-13-25/h4-16,18,31H,17H2,1-3H3. The van der Waals surface area contributed by atoms with E-state index in [0.29, 0.717) is 28.1 Å². The van der Waals surface area contributed by atoms with Gasteiger partial charge in [0, 0.05) is 23.9 Å². The fourth-order valence-electron chi connectivity index (χ4n) is 4.06. The van der Waals surface area contributed by atoms with Gasteiger partial charge in [0.1, 0.15) is 12.0 Å². The molecule has 0 aliphatic heterocycles. The van der Waals surface area contributed by atoms with Crippen molar-refractivity contribution in [1.29, 1.82) is 0 Å². The van der Waals surface area contributed by atoms with Gasteiger partial charge in [-0.25, -0.2) is 18.2 Å². The van der Waals surface area contributed by atoms with E-state index < -0.39 is 15.8 Å². The van der Waals surface area contributed by atoms with Crippen molar-refractivity contribution in [3.63, 3.8) is 0 Å². The van der Waals surface area contributed by atoms with Crippen LogP contribution >= 0.6 is 0 Å². The molecule has 0 spiro atoms. The first kappa shape index (κ1) is 26.6. The topological polar surface area (TPSA) is 112 Å². The molecule has 4 aromatic rings. The van der Waals surface area contributed by atoms with Gasteiger partial charge in [0.25, 0.3) is 0 Å². The Morgan fingerprint density at radius 3 is 2.32 bits per heavy atom. The maximum absolute atomic E-state index is 13.4. The number of pyridine rings is 1. The lowest BCUT2D eigenvalue weighted by Crippen LogP contribution is -2.14. The predicted molar refractivity (Wildman–Crippen MR) is 143 cm³/mol. The summed E-state index contributed by atoms with van der Waals surface area (Å²) < 4.78 is 36.9. The van der Waals surface area contributed by atoms with Gasteiger partial charge >= 0.3 is 5.97 Å². The molecule has 0 unspecified atom stereocenters. The summed E-state index contributed by atoms with van der Waals surface area (Å²) >= 11 is 0. The maximum atomic E-state index is 13.4. The number of hydrogen-bond acceptors (Lipinski definition) is 8. The van der Waals surface area contributed by atoms with Crippen molar-refractivity contribution in [2.45, 2.75) is 23.4 Å². The molecule has 0 aliphatic carbocycles. The number of nitrogens with zero attached hydrogens (tertiary/aromatic N) is 1. The lowest BCUT2D eigenvalue weighted by Gasteiger charge is -2.17. The van der Waals surface area contributed by atoms with E-state index in [4.69, 9.17) is 9.47 Å². The van der Waals surface area contributed by atoms with Crippen LogP contribution in [0.25, 0.3) is 11.1 Å². The number of sulfone groups is 1. The molecule has 0 bridgehead atoms. The Morgan fingerprint density at radius 1 is 0.974 bits per heavy atom. The number of aromatic nitrogens is 1. The molecule has 0 saturated heterocycles. The predicted octanol–water partition coefficient (Wildman–Crippen LogP) is 5.11. The quantitative estimate of drug-likeness (QED) is 0.235. The number of ether oxygens (including phenoxy) is 2. The lowest BCUT2D eigenvalue weighted by molar-refractivity contribution is 0.0601. The molecule has 4 rings (SSSR count). The number of benzene rings is 3. The molecule has 0 amide bonds. The van der Waals surface area contributed by atoms with E-state index in [9.17, 15) is 18.0 Å². The Morgan fingerprint density at radius 2 is 1.68 bits per heavy atom. The Bertz CT molecular complexity index is 1580. The van der Waals surface area contributed by atoms with Gasteiger partial charge in [-0.2, -0.15) is 0 Å². The second-order valence-corrected chi connectivity index (χ2v) is 10.3.